The molecule has 3 aromatic carbocycles. The fourth-order valence-electron chi connectivity index (χ4n) is 4.03. The molecular weight excluding hydrogens is 462 g/mol. The maximum Gasteiger partial charge on any atom is 0.275 e. The normalized spacial score (nSPS) is 11.6. The minimum atomic E-state index is -4.00. The molecule has 0 aliphatic heterocycles. The highest BCUT2D eigenvalue weighted by Crippen LogP contribution is 2.38. The number of benzene rings is 3. The summed E-state index contributed by atoms with van der Waals surface area (Å²) in [5.74, 6) is 1.17. The summed E-state index contributed by atoms with van der Waals surface area (Å²) in [5, 5.41) is 0.479. The Morgan fingerprint density at radius 2 is 1.60 bits per heavy atom. The topological polar surface area (TPSA) is 96.3 Å². The van der Waals surface area contributed by atoms with Gasteiger partial charge in [-0.3, -0.25) is 4.79 Å². The third-order valence-corrected chi connectivity index (χ3v) is 7.52. The molecule has 0 saturated heterocycles. The van der Waals surface area contributed by atoms with Crippen molar-refractivity contribution < 1.29 is 13.2 Å². The smallest absolute Gasteiger partial charge is 0.275 e. The van der Waals surface area contributed by atoms with E-state index in [1.165, 1.54) is 22.9 Å². The Balaban J connectivity index is 1.74. The standard InChI is InChI=1S/C27H23N3O4S/c1-18-8-11-21(12-9-18)35(32,33)30-15-14-22-24(17-29(2)27(31)26(22)30)23-16-19(28)10-13-25(23)34-20-6-4-3-5-7-20/h3-17H,28H2,1-2H3. The molecule has 0 amide bonds. The molecule has 0 saturated carbocycles. The highest BCUT2D eigenvalue weighted by atomic mass is 32.2. The molecule has 0 bridgehead atoms. The van der Waals surface area contributed by atoms with E-state index in [-0.39, 0.29) is 10.4 Å². The van der Waals surface area contributed by atoms with Gasteiger partial charge >= 0.3 is 0 Å². The van der Waals surface area contributed by atoms with Crippen LogP contribution in [-0.4, -0.2) is 17.0 Å². The van der Waals surface area contributed by atoms with Crippen LogP contribution in [-0.2, 0) is 17.1 Å². The number of hydrogen-bond acceptors (Lipinski definition) is 5. The van der Waals surface area contributed by atoms with Crippen LogP contribution in [0.2, 0.25) is 0 Å². The summed E-state index contributed by atoms with van der Waals surface area (Å²) in [5.41, 5.74) is 8.44. The summed E-state index contributed by atoms with van der Waals surface area (Å²) in [6.45, 7) is 1.88. The lowest BCUT2D eigenvalue weighted by Crippen LogP contribution is -2.22. The van der Waals surface area contributed by atoms with Gasteiger partial charge in [0.2, 0.25) is 0 Å². The third-order valence-electron chi connectivity index (χ3n) is 5.83. The fraction of sp³-hybridized carbons (Fsp3) is 0.0741. The first-order valence-corrected chi connectivity index (χ1v) is 12.4. The Morgan fingerprint density at radius 3 is 2.31 bits per heavy atom. The van der Waals surface area contributed by atoms with Gasteiger partial charge in [-0.1, -0.05) is 35.9 Å². The van der Waals surface area contributed by atoms with E-state index in [0.717, 1.165) is 9.54 Å². The molecule has 0 radical (unpaired) electrons. The van der Waals surface area contributed by atoms with E-state index in [1.54, 1.807) is 49.6 Å². The van der Waals surface area contributed by atoms with Gasteiger partial charge in [-0.05, 0) is 55.5 Å². The van der Waals surface area contributed by atoms with E-state index in [0.29, 0.717) is 33.7 Å². The Kier molecular flexibility index (Phi) is 5.45. The number of aromatic nitrogens is 2. The molecule has 0 aliphatic rings. The molecule has 0 fully saturated rings. The third kappa shape index (κ3) is 3.98. The van der Waals surface area contributed by atoms with E-state index in [2.05, 4.69) is 0 Å². The Labute approximate surface area is 202 Å². The predicted octanol–water partition coefficient (Wildman–Crippen LogP) is 4.93. The van der Waals surface area contributed by atoms with Crippen LogP contribution in [0.3, 0.4) is 0 Å². The summed E-state index contributed by atoms with van der Waals surface area (Å²) in [6.07, 6.45) is 3.08. The molecule has 8 heteroatoms. The quantitative estimate of drug-likeness (QED) is 0.356. The largest absolute Gasteiger partial charge is 0.457 e. The molecule has 0 unspecified atom stereocenters. The van der Waals surface area contributed by atoms with Gasteiger partial charge < -0.3 is 15.0 Å². The number of hydrogen-bond donors (Lipinski definition) is 1. The first-order valence-electron chi connectivity index (χ1n) is 10.9. The molecule has 0 atom stereocenters. The van der Waals surface area contributed by atoms with Gasteiger partial charge in [0.1, 0.15) is 17.0 Å². The van der Waals surface area contributed by atoms with Crippen molar-refractivity contribution in [2.75, 3.05) is 5.73 Å². The molecule has 5 rings (SSSR count). The number of rotatable bonds is 5. The summed E-state index contributed by atoms with van der Waals surface area (Å²) in [7, 11) is -2.41. The number of fused-ring (bicyclic) bond motifs is 1. The number of para-hydroxylation sites is 1. The van der Waals surface area contributed by atoms with Gasteiger partial charge in [0.25, 0.3) is 15.6 Å². The first kappa shape index (κ1) is 22.5. The fourth-order valence-corrected chi connectivity index (χ4v) is 5.38. The van der Waals surface area contributed by atoms with Gasteiger partial charge in [-0.15, -0.1) is 0 Å². The van der Waals surface area contributed by atoms with Crippen molar-refractivity contribution in [3.05, 3.63) is 107 Å². The minimum absolute atomic E-state index is 0.0543. The minimum Gasteiger partial charge on any atom is -0.457 e. The second-order valence-corrected chi connectivity index (χ2v) is 10.1. The Morgan fingerprint density at radius 1 is 0.886 bits per heavy atom. The molecule has 7 nitrogen and oxygen atoms in total. The summed E-state index contributed by atoms with van der Waals surface area (Å²) in [4.78, 5) is 13.3. The van der Waals surface area contributed by atoms with Crippen molar-refractivity contribution in [3.8, 4) is 22.6 Å². The molecule has 2 aromatic heterocycles. The van der Waals surface area contributed by atoms with Crippen LogP contribution in [0.25, 0.3) is 22.0 Å². The second-order valence-electron chi connectivity index (χ2n) is 8.32. The van der Waals surface area contributed by atoms with E-state index in [4.69, 9.17) is 10.5 Å². The van der Waals surface area contributed by atoms with Crippen molar-refractivity contribution in [2.45, 2.75) is 11.8 Å². The number of nitrogens with two attached hydrogens (primary N) is 1. The zero-order valence-corrected chi connectivity index (χ0v) is 20.0. The summed E-state index contributed by atoms with van der Waals surface area (Å²) < 4.78 is 35.5. The SMILES string of the molecule is Cc1ccc(S(=O)(=O)n2ccc3c(-c4cc(N)ccc4Oc4ccccc4)cn(C)c(=O)c32)cc1. The predicted molar refractivity (Wildman–Crippen MR) is 137 cm³/mol. The van der Waals surface area contributed by atoms with Crippen LogP contribution in [0.5, 0.6) is 11.5 Å². The van der Waals surface area contributed by atoms with Gasteiger partial charge in [-0.2, -0.15) is 0 Å². The Hall–Kier alpha value is -4.30. The highest BCUT2D eigenvalue weighted by molar-refractivity contribution is 7.90. The van der Waals surface area contributed by atoms with Crippen molar-refractivity contribution >= 4 is 26.6 Å². The molecule has 2 heterocycles. The zero-order valence-electron chi connectivity index (χ0n) is 19.2. The van der Waals surface area contributed by atoms with Crippen molar-refractivity contribution in [1.29, 1.82) is 0 Å². The van der Waals surface area contributed by atoms with E-state index in [9.17, 15) is 13.2 Å². The maximum atomic E-state index is 13.5. The Bertz CT molecular complexity index is 1720. The van der Waals surface area contributed by atoms with E-state index in [1.807, 2.05) is 37.3 Å². The molecule has 35 heavy (non-hydrogen) atoms. The van der Waals surface area contributed by atoms with Crippen LogP contribution in [0.15, 0.2) is 101 Å². The molecule has 5 aromatic rings. The highest BCUT2D eigenvalue weighted by Gasteiger charge is 2.24. The summed E-state index contributed by atoms with van der Waals surface area (Å²) >= 11 is 0. The number of anilines is 1. The maximum absolute atomic E-state index is 13.5. The van der Waals surface area contributed by atoms with Gasteiger partial charge in [0.05, 0.1) is 4.90 Å². The molecule has 2 N–H and O–H groups in total. The number of ether oxygens (including phenoxy) is 1. The molecule has 0 aliphatic carbocycles. The van der Waals surface area contributed by atoms with Crippen molar-refractivity contribution in [1.82, 2.24) is 8.54 Å². The van der Waals surface area contributed by atoms with Crippen LogP contribution in [0.4, 0.5) is 5.69 Å². The van der Waals surface area contributed by atoms with Crippen molar-refractivity contribution in [2.24, 2.45) is 7.05 Å². The van der Waals surface area contributed by atoms with Crippen LogP contribution in [0.1, 0.15) is 5.56 Å². The van der Waals surface area contributed by atoms with Gasteiger partial charge in [0, 0.05) is 41.6 Å². The summed E-state index contributed by atoms with van der Waals surface area (Å²) in [6, 6.07) is 22.7. The number of nitrogen functional groups attached to an aromatic ring is 1. The second kappa shape index (κ2) is 8.48. The lowest BCUT2D eigenvalue weighted by molar-refractivity contribution is 0.484. The van der Waals surface area contributed by atoms with E-state index < -0.39 is 15.6 Å². The van der Waals surface area contributed by atoms with E-state index >= 15 is 0 Å². The van der Waals surface area contributed by atoms with Crippen LogP contribution >= 0.6 is 0 Å². The average molecular weight is 486 g/mol. The van der Waals surface area contributed by atoms with Gasteiger partial charge in [0.15, 0.2) is 0 Å². The first-order chi connectivity index (χ1) is 16.8. The lowest BCUT2D eigenvalue weighted by Gasteiger charge is -2.15. The lowest BCUT2D eigenvalue weighted by atomic mass is 10.0. The molecular formula is C27H23N3O4S. The molecule has 176 valence electrons. The van der Waals surface area contributed by atoms with Crippen LogP contribution < -0.4 is 16.0 Å². The van der Waals surface area contributed by atoms with Crippen LogP contribution in [0, 0.1) is 6.92 Å². The van der Waals surface area contributed by atoms with Crippen molar-refractivity contribution in [3.63, 3.8) is 0 Å². The number of aryl methyl sites for hydroxylation is 2. The van der Waals surface area contributed by atoms with Gasteiger partial charge in [-0.25, -0.2) is 12.4 Å². The molecule has 0 spiro atoms. The average Bonchev–Trinajstić information content (AvgIpc) is 3.30. The monoisotopic (exact) mass is 485 g/mol. The number of nitrogens with zero attached hydrogens (tertiary/aromatic N) is 2. The zero-order chi connectivity index (χ0) is 24.7. The number of pyridine rings is 1.